The summed E-state index contributed by atoms with van der Waals surface area (Å²) in [5, 5.41) is 6.32. The van der Waals surface area contributed by atoms with Crippen LogP contribution in [0.2, 0.25) is 0 Å². The van der Waals surface area contributed by atoms with Crippen molar-refractivity contribution in [2.75, 3.05) is 40.3 Å². The Hall–Kier alpha value is -0.650. The lowest BCUT2D eigenvalue weighted by molar-refractivity contribution is -0.124. The molecule has 1 fully saturated rings. The molecular formula is C15H31N3O2. The molecule has 0 aliphatic carbocycles. The maximum absolute atomic E-state index is 12.0. The molecule has 1 aliphatic heterocycles. The molecule has 5 nitrogen and oxygen atoms in total. The summed E-state index contributed by atoms with van der Waals surface area (Å²) in [5.41, 5.74) is 0. The summed E-state index contributed by atoms with van der Waals surface area (Å²) in [6.07, 6.45) is 2.76. The fraction of sp³-hybridized carbons (Fsp3) is 0.933. The topological polar surface area (TPSA) is 53.6 Å². The van der Waals surface area contributed by atoms with Gasteiger partial charge < -0.3 is 20.3 Å². The molecule has 0 saturated carbocycles. The number of hydrogen-bond acceptors (Lipinski definition) is 4. The minimum atomic E-state index is 0.0229. The van der Waals surface area contributed by atoms with Crippen LogP contribution in [0.4, 0.5) is 0 Å². The molecule has 0 radical (unpaired) electrons. The van der Waals surface area contributed by atoms with E-state index in [4.69, 9.17) is 4.74 Å². The third-order valence-corrected chi connectivity index (χ3v) is 4.18. The minimum Gasteiger partial charge on any atom is -0.375 e. The van der Waals surface area contributed by atoms with Gasteiger partial charge in [0.15, 0.2) is 0 Å². The van der Waals surface area contributed by atoms with E-state index in [1.807, 2.05) is 0 Å². The van der Waals surface area contributed by atoms with E-state index in [0.717, 1.165) is 32.5 Å². The predicted octanol–water partition coefficient (Wildman–Crippen LogP) is 0.848. The van der Waals surface area contributed by atoms with E-state index in [-0.39, 0.29) is 12.0 Å². The van der Waals surface area contributed by atoms with Crippen LogP contribution >= 0.6 is 0 Å². The number of hydrogen-bond donors (Lipinski definition) is 2. The normalized spacial score (nSPS) is 21.2. The molecule has 1 rings (SSSR count). The van der Waals surface area contributed by atoms with Crippen molar-refractivity contribution < 1.29 is 9.53 Å². The molecule has 5 heteroatoms. The number of nitrogens with zero attached hydrogens (tertiary/aromatic N) is 1. The lowest BCUT2D eigenvalue weighted by atomic mass is 9.93. The highest BCUT2D eigenvalue weighted by molar-refractivity contribution is 5.76. The van der Waals surface area contributed by atoms with Crippen LogP contribution < -0.4 is 10.6 Å². The maximum Gasteiger partial charge on any atom is 0.222 e. The SMILES string of the molecule is CCC(CC)C(CNC(=O)CC1CNCCO1)N(C)C. The lowest BCUT2D eigenvalue weighted by Crippen LogP contribution is -2.46. The molecule has 1 heterocycles. The molecule has 0 bridgehead atoms. The van der Waals surface area contributed by atoms with Gasteiger partial charge in [0.05, 0.1) is 19.1 Å². The first-order valence-electron chi connectivity index (χ1n) is 7.83. The van der Waals surface area contributed by atoms with Gasteiger partial charge in [0.2, 0.25) is 5.91 Å². The molecule has 2 atom stereocenters. The third kappa shape index (κ3) is 5.77. The van der Waals surface area contributed by atoms with Crippen molar-refractivity contribution in [3.05, 3.63) is 0 Å². The molecule has 0 aromatic rings. The van der Waals surface area contributed by atoms with Gasteiger partial charge in [0.1, 0.15) is 0 Å². The van der Waals surface area contributed by atoms with E-state index in [9.17, 15) is 4.79 Å². The molecule has 1 amide bonds. The molecule has 0 aromatic carbocycles. The molecule has 20 heavy (non-hydrogen) atoms. The van der Waals surface area contributed by atoms with E-state index in [1.165, 1.54) is 0 Å². The largest absolute Gasteiger partial charge is 0.375 e. The van der Waals surface area contributed by atoms with Crippen molar-refractivity contribution in [2.24, 2.45) is 5.92 Å². The highest BCUT2D eigenvalue weighted by Gasteiger charge is 2.22. The van der Waals surface area contributed by atoms with Crippen molar-refractivity contribution in [3.63, 3.8) is 0 Å². The Balaban J connectivity index is 2.36. The fourth-order valence-electron chi connectivity index (χ4n) is 2.85. The molecule has 2 N–H and O–H groups in total. The van der Waals surface area contributed by atoms with Crippen LogP contribution in [0.25, 0.3) is 0 Å². The van der Waals surface area contributed by atoms with Gasteiger partial charge >= 0.3 is 0 Å². The van der Waals surface area contributed by atoms with Crippen LogP contribution in [0.1, 0.15) is 33.1 Å². The molecule has 1 saturated heterocycles. The van der Waals surface area contributed by atoms with Crippen molar-refractivity contribution in [3.8, 4) is 0 Å². The highest BCUT2D eigenvalue weighted by atomic mass is 16.5. The zero-order valence-corrected chi connectivity index (χ0v) is 13.4. The average molecular weight is 285 g/mol. The Kier molecular flexibility index (Phi) is 8.11. The van der Waals surface area contributed by atoms with Gasteiger partial charge in [-0.05, 0) is 20.0 Å². The second-order valence-electron chi connectivity index (χ2n) is 5.81. The summed E-state index contributed by atoms with van der Waals surface area (Å²) in [6.45, 7) is 7.51. The van der Waals surface area contributed by atoms with E-state index in [0.29, 0.717) is 25.0 Å². The minimum absolute atomic E-state index is 0.0229. The predicted molar refractivity (Wildman–Crippen MR) is 81.8 cm³/mol. The highest BCUT2D eigenvalue weighted by Crippen LogP contribution is 2.16. The number of ether oxygens (including phenoxy) is 1. The van der Waals surface area contributed by atoms with Gasteiger partial charge in [-0.25, -0.2) is 0 Å². The molecule has 118 valence electrons. The molecule has 1 aliphatic rings. The quantitative estimate of drug-likeness (QED) is 0.694. The summed E-state index contributed by atoms with van der Waals surface area (Å²) in [7, 11) is 4.17. The van der Waals surface area contributed by atoms with Crippen LogP contribution in [0.5, 0.6) is 0 Å². The van der Waals surface area contributed by atoms with Crippen LogP contribution in [0, 0.1) is 5.92 Å². The van der Waals surface area contributed by atoms with Crippen LogP contribution in [-0.2, 0) is 9.53 Å². The average Bonchev–Trinajstić information content (AvgIpc) is 2.44. The second-order valence-corrected chi connectivity index (χ2v) is 5.81. The number of carbonyl (C=O) groups excluding carboxylic acids is 1. The molecule has 0 spiro atoms. The first kappa shape index (κ1) is 17.4. The van der Waals surface area contributed by atoms with Crippen molar-refractivity contribution >= 4 is 5.91 Å². The van der Waals surface area contributed by atoms with Gasteiger partial charge in [-0.3, -0.25) is 4.79 Å². The summed E-state index contributed by atoms with van der Waals surface area (Å²) in [6, 6.07) is 0.402. The summed E-state index contributed by atoms with van der Waals surface area (Å²) >= 11 is 0. The molecular weight excluding hydrogens is 254 g/mol. The van der Waals surface area contributed by atoms with Gasteiger partial charge in [-0.2, -0.15) is 0 Å². The summed E-state index contributed by atoms with van der Waals surface area (Å²) in [4.78, 5) is 14.2. The Bertz CT molecular complexity index is 274. The van der Waals surface area contributed by atoms with Gasteiger partial charge in [-0.1, -0.05) is 26.7 Å². The summed E-state index contributed by atoms with van der Waals surface area (Å²) < 4.78 is 5.56. The first-order valence-corrected chi connectivity index (χ1v) is 7.83. The Labute approximate surface area is 123 Å². The van der Waals surface area contributed by atoms with E-state index in [1.54, 1.807) is 0 Å². The van der Waals surface area contributed by atoms with Crippen molar-refractivity contribution in [1.29, 1.82) is 0 Å². The standard InChI is InChI=1S/C15H31N3O2/c1-5-12(6-2)14(18(3)4)11-17-15(19)9-13-10-16-7-8-20-13/h12-14,16H,5-11H2,1-4H3,(H,17,19). The molecule has 2 unspecified atom stereocenters. The number of morpholine rings is 1. The molecule has 0 aromatic heterocycles. The van der Waals surface area contributed by atoms with Gasteiger partial charge in [0, 0.05) is 25.7 Å². The monoisotopic (exact) mass is 285 g/mol. The van der Waals surface area contributed by atoms with Crippen LogP contribution in [-0.4, -0.2) is 63.3 Å². The van der Waals surface area contributed by atoms with E-state index < -0.39 is 0 Å². The number of amides is 1. The zero-order chi connectivity index (χ0) is 15.0. The van der Waals surface area contributed by atoms with Gasteiger partial charge in [0.25, 0.3) is 0 Å². The third-order valence-electron chi connectivity index (χ3n) is 4.18. The first-order chi connectivity index (χ1) is 9.58. The van der Waals surface area contributed by atoms with Crippen LogP contribution in [0.15, 0.2) is 0 Å². The lowest BCUT2D eigenvalue weighted by Gasteiger charge is -2.31. The van der Waals surface area contributed by atoms with Crippen molar-refractivity contribution in [2.45, 2.75) is 45.3 Å². The Morgan fingerprint density at radius 2 is 2.10 bits per heavy atom. The Morgan fingerprint density at radius 3 is 2.60 bits per heavy atom. The smallest absolute Gasteiger partial charge is 0.222 e. The van der Waals surface area contributed by atoms with E-state index in [2.05, 4.69) is 43.5 Å². The van der Waals surface area contributed by atoms with Gasteiger partial charge in [-0.15, -0.1) is 0 Å². The number of rotatable bonds is 8. The van der Waals surface area contributed by atoms with Crippen molar-refractivity contribution in [1.82, 2.24) is 15.5 Å². The number of likely N-dealkylation sites (N-methyl/N-ethyl adjacent to an activating group) is 1. The van der Waals surface area contributed by atoms with E-state index >= 15 is 0 Å². The fourth-order valence-corrected chi connectivity index (χ4v) is 2.85. The van der Waals surface area contributed by atoms with Crippen LogP contribution in [0.3, 0.4) is 0 Å². The number of nitrogens with one attached hydrogen (secondary N) is 2. The summed E-state index contributed by atoms with van der Waals surface area (Å²) in [5.74, 6) is 0.717. The number of carbonyl (C=O) groups is 1. The zero-order valence-electron chi connectivity index (χ0n) is 13.4. The Morgan fingerprint density at radius 1 is 1.40 bits per heavy atom. The second kappa shape index (κ2) is 9.32. The maximum atomic E-state index is 12.0.